The van der Waals surface area contributed by atoms with E-state index < -0.39 is 0 Å². The smallest absolute Gasteiger partial charge is 0.229 e. The highest BCUT2D eigenvalue weighted by atomic mass is 35.5. The summed E-state index contributed by atoms with van der Waals surface area (Å²) in [7, 11) is 0. The van der Waals surface area contributed by atoms with Gasteiger partial charge in [0.15, 0.2) is 0 Å². The van der Waals surface area contributed by atoms with Gasteiger partial charge in [0.25, 0.3) is 0 Å². The fourth-order valence-electron chi connectivity index (χ4n) is 2.89. The number of halogens is 2. The number of H-pyrrole nitrogens is 1. The van der Waals surface area contributed by atoms with E-state index in [2.05, 4.69) is 50.0 Å². The molecule has 0 radical (unpaired) electrons. The number of nitrogens with one attached hydrogen (secondary N) is 3. The van der Waals surface area contributed by atoms with Crippen LogP contribution < -0.4 is 10.6 Å². The molecule has 7 heteroatoms. The van der Waals surface area contributed by atoms with Crippen LogP contribution in [0, 0.1) is 0 Å². The number of hydrogen-bond acceptors (Lipinski definition) is 4. The van der Waals surface area contributed by atoms with Crippen LogP contribution in [0.4, 0.5) is 17.5 Å². The zero-order chi connectivity index (χ0) is 18.6. The third kappa shape index (κ3) is 4.15. The lowest BCUT2D eigenvalue weighted by Crippen LogP contribution is -2.07. The minimum Gasteiger partial charge on any atom is -0.370 e. The highest BCUT2D eigenvalue weighted by Crippen LogP contribution is 2.27. The Morgan fingerprint density at radius 2 is 1.93 bits per heavy atom. The summed E-state index contributed by atoms with van der Waals surface area (Å²) in [5, 5.41) is 8.83. The third-order valence-corrected chi connectivity index (χ3v) is 4.77. The van der Waals surface area contributed by atoms with Crippen molar-refractivity contribution in [1.82, 2.24) is 15.0 Å². The molecule has 0 aliphatic carbocycles. The molecule has 136 valence electrons. The van der Waals surface area contributed by atoms with Crippen molar-refractivity contribution in [3.63, 3.8) is 0 Å². The molecule has 4 rings (SSSR count). The molecule has 2 aromatic heterocycles. The number of anilines is 3. The topological polar surface area (TPSA) is 65.6 Å². The van der Waals surface area contributed by atoms with E-state index in [0.29, 0.717) is 21.7 Å². The molecule has 0 unspecified atom stereocenters. The fourth-order valence-corrected chi connectivity index (χ4v) is 3.23. The monoisotopic (exact) mass is 397 g/mol. The predicted molar refractivity (Wildman–Crippen MR) is 112 cm³/mol. The lowest BCUT2D eigenvalue weighted by atomic mass is 10.1. The molecule has 0 atom stereocenters. The third-order valence-electron chi connectivity index (χ3n) is 4.21. The Morgan fingerprint density at radius 1 is 1.04 bits per heavy atom. The summed E-state index contributed by atoms with van der Waals surface area (Å²) in [4.78, 5) is 12.0. The number of nitrogens with zero attached hydrogens (tertiary/aromatic N) is 2. The van der Waals surface area contributed by atoms with Gasteiger partial charge >= 0.3 is 0 Å². The molecule has 2 heterocycles. The molecule has 0 saturated carbocycles. The highest BCUT2D eigenvalue weighted by molar-refractivity contribution is 6.35. The average Bonchev–Trinajstić information content (AvgIpc) is 3.08. The van der Waals surface area contributed by atoms with Crippen LogP contribution in [0.1, 0.15) is 5.56 Å². The fraction of sp³-hybridized carbons (Fsp3) is 0.100. The zero-order valence-corrected chi connectivity index (χ0v) is 15.8. The SMILES string of the molecule is Clc1ccc(Cl)c(Nc2nccc(NCCc3c[nH]c4ccccc34)n2)c1. The van der Waals surface area contributed by atoms with E-state index in [9.17, 15) is 0 Å². The van der Waals surface area contributed by atoms with Gasteiger partial charge in [-0.1, -0.05) is 41.4 Å². The van der Waals surface area contributed by atoms with Crippen LogP contribution in [0.25, 0.3) is 10.9 Å². The number of para-hydroxylation sites is 1. The Bertz CT molecular complexity index is 1080. The van der Waals surface area contributed by atoms with Gasteiger partial charge in [0, 0.05) is 34.9 Å². The predicted octanol–water partition coefficient (Wildman–Crippen LogP) is 5.66. The van der Waals surface area contributed by atoms with Crippen molar-refractivity contribution in [2.45, 2.75) is 6.42 Å². The van der Waals surface area contributed by atoms with E-state index in [4.69, 9.17) is 23.2 Å². The van der Waals surface area contributed by atoms with E-state index in [1.54, 1.807) is 24.4 Å². The molecule has 3 N–H and O–H groups in total. The Morgan fingerprint density at radius 3 is 2.85 bits per heavy atom. The number of aromatic nitrogens is 3. The summed E-state index contributed by atoms with van der Waals surface area (Å²) in [6.45, 7) is 0.760. The maximum atomic E-state index is 6.18. The van der Waals surface area contributed by atoms with Crippen molar-refractivity contribution in [1.29, 1.82) is 0 Å². The second-order valence-electron chi connectivity index (χ2n) is 6.05. The number of hydrogen-bond donors (Lipinski definition) is 3. The quantitative estimate of drug-likeness (QED) is 0.392. The summed E-state index contributed by atoms with van der Waals surface area (Å²) in [5.41, 5.74) is 3.09. The van der Waals surface area contributed by atoms with Crippen LogP contribution in [0.3, 0.4) is 0 Å². The number of rotatable bonds is 6. The molecular formula is C20H17Cl2N5. The minimum atomic E-state index is 0.455. The molecule has 0 aliphatic rings. The first-order valence-corrected chi connectivity index (χ1v) is 9.28. The summed E-state index contributed by atoms with van der Waals surface area (Å²) in [5.74, 6) is 1.20. The minimum absolute atomic E-state index is 0.455. The van der Waals surface area contributed by atoms with E-state index in [1.807, 2.05) is 12.1 Å². The van der Waals surface area contributed by atoms with Gasteiger partial charge in [0.2, 0.25) is 5.95 Å². The molecule has 27 heavy (non-hydrogen) atoms. The second kappa shape index (κ2) is 7.86. The van der Waals surface area contributed by atoms with Gasteiger partial charge in [-0.3, -0.25) is 0 Å². The summed E-state index contributed by atoms with van der Waals surface area (Å²) >= 11 is 12.2. The van der Waals surface area contributed by atoms with E-state index >= 15 is 0 Å². The van der Waals surface area contributed by atoms with Gasteiger partial charge in [-0.05, 0) is 42.3 Å². The van der Waals surface area contributed by atoms with Crippen molar-refractivity contribution in [2.24, 2.45) is 0 Å². The lowest BCUT2D eigenvalue weighted by Gasteiger charge is -2.09. The molecule has 0 spiro atoms. The molecule has 4 aromatic rings. The summed E-state index contributed by atoms with van der Waals surface area (Å²) in [6, 6.07) is 15.3. The first-order chi connectivity index (χ1) is 13.2. The first-order valence-electron chi connectivity index (χ1n) is 8.53. The van der Waals surface area contributed by atoms with Crippen LogP contribution in [0.2, 0.25) is 10.0 Å². The van der Waals surface area contributed by atoms with Gasteiger partial charge in [-0.2, -0.15) is 4.98 Å². The normalized spacial score (nSPS) is 10.9. The lowest BCUT2D eigenvalue weighted by molar-refractivity contribution is 1.01. The number of fused-ring (bicyclic) bond motifs is 1. The second-order valence-corrected chi connectivity index (χ2v) is 6.89. The van der Waals surface area contributed by atoms with Crippen LogP contribution in [-0.4, -0.2) is 21.5 Å². The molecule has 0 saturated heterocycles. The highest BCUT2D eigenvalue weighted by Gasteiger charge is 2.06. The van der Waals surface area contributed by atoms with E-state index in [0.717, 1.165) is 24.3 Å². The van der Waals surface area contributed by atoms with Crippen molar-refractivity contribution < 1.29 is 0 Å². The molecule has 0 fully saturated rings. The molecule has 2 aromatic carbocycles. The Labute approximate surface area is 166 Å². The zero-order valence-electron chi connectivity index (χ0n) is 14.3. The largest absolute Gasteiger partial charge is 0.370 e. The van der Waals surface area contributed by atoms with Crippen LogP contribution in [0.15, 0.2) is 60.9 Å². The standard InChI is InChI=1S/C20H17Cl2N5/c21-14-5-6-16(22)18(11-14)26-20-24-10-8-19(27-20)23-9-7-13-12-25-17-4-2-1-3-15(13)17/h1-6,8,10-12,25H,7,9H2,(H2,23,24,26,27). The summed E-state index contributed by atoms with van der Waals surface area (Å²) in [6.07, 6.45) is 4.64. The number of aromatic amines is 1. The van der Waals surface area contributed by atoms with Crippen LogP contribution in [0.5, 0.6) is 0 Å². The van der Waals surface area contributed by atoms with Gasteiger partial charge in [0.05, 0.1) is 10.7 Å². The van der Waals surface area contributed by atoms with Gasteiger partial charge in [0.1, 0.15) is 5.82 Å². The van der Waals surface area contributed by atoms with Gasteiger partial charge < -0.3 is 15.6 Å². The molecule has 5 nitrogen and oxygen atoms in total. The average molecular weight is 398 g/mol. The molecular weight excluding hydrogens is 381 g/mol. The van der Waals surface area contributed by atoms with Gasteiger partial charge in [-0.15, -0.1) is 0 Å². The van der Waals surface area contributed by atoms with Crippen molar-refractivity contribution in [3.05, 3.63) is 76.5 Å². The first kappa shape index (κ1) is 17.6. The maximum Gasteiger partial charge on any atom is 0.229 e. The van der Waals surface area contributed by atoms with Gasteiger partial charge in [-0.25, -0.2) is 4.98 Å². The molecule has 0 bridgehead atoms. The van der Waals surface area contributed by atoms with Crippen LogP contribution in [-0.2, 0) is 6.42 Å². The van der Waals surface area contributed by atoms with Crippen molar-refractivity contribution in [3.8, 4) is 0 Å². The number of benzene rings is 2. The van der Waals surface area contributed by atoms with E-state index in [-0.39, 0.29) is 0 Å². The molecule has 0 aliphatic heterocycles. The Balaban J connectivity index is 1.41. The summed E-state index contributed by atoms with van der Waals surface area (Å²) < 4.78 is 0. The molecule has 0 amide bonds. The Hall–Kier alpha value is -2.76. The van der Waals surface area contributed by atoms with Crippen molar-refractivity contribution in [2.75, 3.05) is 17.2 Å². The van der Waals surface area contributed by atoms with Crippen molar-refractivity contribution >= 4 is 51.6 Å². The van der Waals surface area contributed by atoms with Crippen LogP contribution >= 0.6 is 23.2 Å². The van der Waals surface area contributed by atoms with E-state index in [1.165, 1.54) is 10.9 Å². The maximum absolute atomic E-state index is 6.18. The Kier molecular flexibility index (Phi) is 5.14.